The molecule has 4 heteroatoms. The van der Waals surface area contributed by atoms with Crippen LogP contribution in [0.1, 0.15) is 20.8 Å². The van der Waals surface area contributed by atoms with Gasteiger partial charge in [-0.25, -0.2) is 5.48 Å². The fourth-order valence-electron chi connectivity index (χ4n) is 0.255. The van der Waals surface area contributed by atoms with Crippen molar-refractivity contribution in [2.75, 3.05) is 7.05 Å². The first-order valence-corrected chi connectivity index (χ1v) is 3.16. The topological polar surface area (TPSA) is 57.1 Å². The maximum absolute atomic E-state index is 7.07. The molecule has 0 aromatic rings. The molecule has 60 valence electrons. The van der Waals surface area contributed by atoms with Crippen molar-refractivity contribution in [3.05, 3.63) is 0 Å². The molecule has 3 N–H and O–H groups in total. The molecule has 0 rings (SSSR count). The summed E-state index contributed by atoms with van der Waals surface area (Å²) < 4.78 is 0. The van der Waals surface area contributed by atoms with Crippen molar-refractivity contribution >= 4 is 5.96 Å². The van der Waals surface area contributed by atoms with Crippen molar-refractivity contribution in [1.82, 2.24) is 10.8 Å². The highest BCUT2D eigenvalue weighted by Gasteiger charge is 2.10. The van der Waals surface area contributed by atoms with E-state index in [-0.39, 0.29) is 11.6 Å². The Morgan fingerprint density at radius 2 is 1.90 bits per heavy atom. The molecular formula is C6H15N3O. The third-order valence-corrected chi connectivity index (χ3v) is 0.709. The van der Waals surface area contributed by atoms with Crippen LogP contribution in [0.15, 0.2) is 0 Å². The Hall–Kier alpha value is -0.770. The summed E-state index contributed by atoms with van der Waals surface area (Å²) in [5, 5.41) is 9.65. The van der Waals surface area contributed by atoms with Crippen LogP contribution in [0.3, 0.4) is 0 Å². The van der Waals surface area contributed by atoms with Crippen LogP contribution in [0.4, 0.5) is 0 Å². The molecule has 0 bridgehead atoms. The lowest BCUT2D eigenvalue weighted by molar-refractivity contribution is -0.0440. The third-order valence-electron chi connectivity index (χ3n) is 0.709. The van der Waals surface area contributed by atoms with Crippen molar-refractivity contribution in [2.24, 2.45) is 0 Å². The Morgan fingerprint density at radius 3 is 2.20 bits per heavy atom. The highest BCUT2D eigenvalue weighted by atomic mass is 16.7. The smallest absolute Gasteiger partial charge is 0.212 e. The van der Waals surface area contributed by atoms with Gasteiger partial charge in [0.25, 0.3) is 0 Å². The second kappa shape index (κ2) is 3.41. The maximum atomic E-state index is 7.07. The Balaban J connectivity index is 3.46. The first-order chi connectivity index (χ1) is 4.45. The van der Waals surface area contributed by atoms with Crippen molar-refractivity contribution < 1.29 is 4.84 Å². The molecule has 0 aromatic carbocycles. The molecule has 0 aliphatic heterocycles. The van der Waals surface area contributed by atoms with Crippen LogP contribution in [0.2, 0.25) is 0 Å². The normalized spacial score (nSPS) is 10.8. The second-order valence-corrected chi connectivity index (χ2v) is 2.94. The standard InChI is InChI=1S/C6H15N3O/c1-6(2,3)10-9-5(7)8-4/h1-4H3,(H3,7,8,9). The van der Waals surface area contributed by atoms with E-state index in [9.17, 15) is 0 Å². The molecule has 0 saturated heterocycles. The minimum Gasteiger partial charge on any atom is -0.358 e. The van der Waals surface area contributed by atoms with E-state index in [1.54, 1.807) is 7.05 Å². The van der Waals surface area contributed by atoms with Gasteiger partial charge in [-0.15, -0.1) is 0 Å². The van der Waals surface area contributed by atoms with Crippen molar-refractivity contribution in [1.29, 1.82) is 5.41 Å². The summed E-state index contributed by atoms with van der Waals surface area (Å²) >= 11 is 0. The van der Waals surface area contributed by atoms with Crippen LogP contribution in [-0.4, -0.2) is 18.6 Å². The molecule has 0 spiro atoms. The average molecular weight is 145 g/mol. The van der Waals surface area contributed by atoms with Crippen molar-refractivity contribution in [2.45, 2.75) is 26.4 Å². The van der Waals surface area contributed by atoms with Crippen LogP contribution in [0, 0.1) is 5.41 Å². The van der Waals surface area contributed by atoms with Crippen molar-refractivity contribution in [3.63, 3.8) is 0 Å². The van der Waals surface area contributed by atoms with E-state index < -0.39 is 0 Å². The van der Waals surface area contributed by atoms with Gasteiger partial charge in [-0.05, 0) is 20.8 Å². The van der Waals surface area contributed by atoms with Crippen molar-refractivity contribution in [3.8, 4) is 0 Å². The predicted octanol–water partition coefficient (Wildman–Crippen LogP) is 0.460. The van der Waals surface area contributed by atoms with E-state index in [0.29, 0.717) is 0 Å². The maximum Gasteiger partial charge on any atom is 0.212 e. The van der Waals surface area contributed by atoms with Gasteiger partial charge in [-0.1, -0.05) is 0 Å². The average Bonchev–Trinajstić information content (AvgIpc) is 1.81. The van der Waals surface area contributed by atoms with Gasteiger partial charge in [0.1, 0.15) is 0 Å². The SMILES string of the molecule is CNC(=N)NOC(C)(C)C. The Morgan fingerprint density at radius 1 is 1.40 bits per heavy atom. The summed E-state index contributed by atoms with van der Waals surface area (Å²) in [6.45, 7) is 5.72. The molecule has 4 nitrogen and oxygen atoms in total. The molecule has 0 aliphatic carbocycles. The highest BCUT2D eigenvalue weighted by Crippen LogP contribution is 2.02. The number of guanidine groups is 1. The number of hydrogen-bond acceptors (Lipinski definition) is 2. The quantitative estimate of drug-likeness (QED) is 0.285. The van der Waals surface area contributed by atoms with Gasteiger partial charge in [-0.2, -0.15) is 0 Å². The summed E-state index contributed by atoms with van der Waals surface area (Å²) in [5.74, 6) is 0.162. The molecular weight excluding hydrogens is 130 g/mol. The molecule has 0 unspecified atom stereocenters. The van der Waals surface area contributed by atoms with Crippen LogP contribution >= 0.6 is 0 Å². The third kappa shape index (κ3) is 5.37. The minimum absolute atomic E-state index is 0.162. The molecule has 0 heterocycles. The van der Waals surface area contributed by atoms with E-state index in [1.165, 1.54) is 0 Å². The summed E-state index contributed by atoms with van der Waals surface area (Å²) in [5.41, 5.74) is 2.18. The lowest BCUT2D eigenvalue weighted by atomic mass is 10.2. The van der Waals surface area contributed by atoms with E-state index in [1.807, 2.05) is 20.8 Å². The largest absolute Gasteiger partial charge is 0.358 e. The molecule has 0 amide bonds. The van der Waals surface area contributed by atoms with Gasteiger partial charge in [0, 0.05) is 7.05 Å². The first-order valence-electron chi connectivity index (χ1n) is 3.16. The molecule has 0 radical (unpaired) electrons. The Bertz CT molecular complexity index is 117. The van der Waals surface area contributed by atoms with Crippen LogP contribution in [-0.2, 0) is 4.84 Å². The van der Waals surface area contributed by atoms with Gasteiger partial charge in [0.15, 0.2) is 0 Å². The molecule has 0 aromatic heterocycles. The van der Waals surface area contributed by atoms with Gasteiger partial charge in [-0.3, -0.25) is 10.2 Å². The fraction of sp³-hybridized carbons (Fsp3) is 0.833. The lowest BCUT2D eigenvalue weighted by Crippen LogP contribution is -2.39. The van der Waals surface area contributed by atoms with Gasteiger partial charge >= 0.3 is 0 Å². The zero-order valence-electron chi connectivity index (χ0n) is 6.91. The van der Waals surface area contributed by atoms with E-state index >= 15 is 0 Å². The van der Waals surface area contributed by atoms with Crippen LogP contribution in [0.25, 0.3) is 0 Å². The fourth-order valence-corrected chi connectivity index (χ4v) is 0.255. The second-order valence-electron chi connectivity index (χ2n) is 2.94. The number of nitrogens with one attached hydrogen (secondary N) is 3. The van der Waals surface area contributed by atoms with Gasteiger partial charge in [0.2, 0.25) is 5.96 Å². The molecule has 0 fully saturated rings. The Labute approximate surface area is 61.4 Å². The molecule has 0 aliphatic rings. The zero-order chi connectivity index (χ0) is 8.20. The molecule has 10 heavy (non-hydrogen) atoms. The highest BCUT2D eigenvalue weighted by molar-refractivity contribution is 5.74. The monoisotopic (exact) mass is 145 g/mol. The zero-order valence-corrected chi connectivity index (χ0v) is 6.91. The van der Waals surface area contributed by atoms with Gasteiger partial charge < -0.3 is 5.32 Å². The van der Waals surface area contributed by atoms with E-state index in [4.69, 9.17) is 10.2 Å². The summed E-state index contributed by atoms with van der Waals surface area (Å²) in [7, 11) is 1.65. The molecule has 0 atom stereocenters. The molecule has 0 saturated carbocycles. The predicted molar refractivity (Wildman–Crippen MR) is 40.8 cm³/mol. The summed E-state index contributed by atoms with van der Waals surface area (Å²) in [6.07, 6.45) is 0. The summed E-state index contributed by atoms with van der Waals surface area (Å²) in [6, 6.07) is 0. The first kappa shape index (κ1) is 9.23. The number of hydrogen-bond donors (Lipinski definition) is 3. The number of hydroxylamine groups is 1. The minimum atomic E-state index is -0.261. The lowest BCUT2D eigenvalue weighted by Gasteiger charge is -2.19. The Kier molecular flexibility index (Phi) is 3.15. The number of rotatable bonds is 1. The van der Waals surface area contributed by atoms with Crippen LogP contribution < -0.4 is 10.8 Å². The van der Waals surface area contributed by atoms with E-state index in [2.05, 4.69) is 10.8 Å². The summed E-state index contributed by atoms with van der Waals surface area (Å²) in [4.78, 5) is 5.04. The van der Waals surface area contributed by atoms with Crippen LogP contribution in [0.5, 0.6) is 0 Å². The van der Waals surface area contributed by atoms with Gasteiger partial charge in [0.05, 0.1) is 5.60 Å². The van der Waals surface area contributed by atoms with E-state index in [0.717, 1.165) is 0 Å².